The van der Waals surface area contributed by atoms with Crippen LogP contribution < -0.4 is 15.4 Å². The number of aromatic nitrogens is 2. The Morgan fingerprint density at radius 2 is 1.76 bits per heavy atom. The molecule has 1 heterocycles. The minimum Gasteiger partial charge on any atom is -0.494 e. The van der Waals surface area contributed by atoms with E-state index in [1.807, 2.05) is 37.3 Å². The third-order valence-electron chi connectivity index (χ3n) is 3.73. The van der Waals surface area contributed by atoms with E-state index in [9.17, 15) is 0 Å². The zero-order chi connectivity index (χ0) is 17.6. The number of hydrogen-bond acceptors (Lipinski definition) is 5. The van der Waals surface area contributed by atoms with Crippen molar-refractivity contribution in [2.45, 2.75) is 20.8 Å². The van der Waals surface area contributed by atoms with Gasteiger partial charge in [-0.2, -0.15) is 4.98 Å². The second-order valence-corrected chi connectivity index (χ2v) is 5.79. The summed E-state index contributed by atoms with van der Waals surface area (Å²) in [6.07, 6.45) is 1.73. The molecule has 25 heavy (non-hydrogen) atoms. The first-order chi connectivity index (χ1) is 12.1. The van der Waals surface area contributed by atoms with Gasteiger partial charge in [-0.1, -0.05) is 12.1 Å². The summed E-state index contributed by atoms with van der Waals surface area (Å²) in [5, 5.41) is 6.56. The molecule has 0 aliphatic heterocycles. The fraction of sp³-hybridized carbons (Fsp3) is 0.200. The van der Waals surface area contributed by atoms with E-state index < -0.39 is 0 Å². The lowest BCUT2D eigenvalue weighted by Crippen LogP contribution is -2.01. The molecule has 1 aromatic heterocycles. The quantitative estimate of drug-likeness (QED) is 0.666. The van der Waals surface area contributed by atoms with E-state index in [4.69, 9.17) is 4.74 Å². The van der Waals surface area contributed by atoms with Crippen molar-refractivity contribution in [3.63, 3.8) is 0 Å². The molecule has 0 atom stereocenters. The van der Waals surface area contributed by atoms with Gasteiger partial charge in [0.25, 0.3) is 0 Å². The molecule has 3 aromatic rings. The summed E-state index contributed by atoms with van der Waals surface area (Å²) in [6, 6.07) is 15.9. The lowest BCUT2D eigenvalue weighted by Gasteiger charge is -2.11. The molecule has 5 nitrogen and oxygen atoms in total. The SMILES string of the molecule is CCOc1ccc(Nc2ccnc(Nc3cc(C)ccc3C)n2)cc1. The van der Waals surface area contributed by atoms with Crippen molar-refractivity contribution >= 4 is 23.1 Å². The van der Waals surface area contributed by atoms with E-state index in [0.29, 0.717) is 12.6 Å². The van der Waals surface area contributed by atoms with Crippen molar-refractivity contribution in [3.05, 3.63) is 65.9 Å². The second kappa shape index (κ2) is 7.66. The van der Waals surface area contributed by atoms with Crippen molar-refractivity contribution in [1.29, 1.82) is 0 Å². The van der Waals surface area contributed by atoms with Crippen LogP contribution >= 0.6 is 0 Å². The van der Waals surface area contributed by atoms with Gasteiger partial charge in [0, 0.05) is 17.6 Å². The summed E-state index contributed by atoms with van der Waals surface area (Å²) in [6.45, 7) is 6.75. The third-order valence-corrected chi connectivity index (χ3v) is 3.73. The topological polar surface area (TPSA) is 59.1 Å². The molecule has 0 amide bonds. The van der Waals surface area contributed by atoms with E-state index >= 15 is 0 Å². The van der Waals surface area contributed by atoms with Gasteiger partial charge in [-0.15, -0.1) is 0 Å². The van der Waals surface area contributed by atoms with Gasteiger partial charge in [-0.25, -0.2) is 4.98 Å². The standard InChI is InChI=1S/C20H22N4O/c1-4-25-17-9-7-16(8-10-17)22-19-11-12-21-20(24-19)23-18-13-14(2)5-6-15(18)3/h5-13H,4H2,1-3H3,(H2,21,22,23,24). The number of nitrogens with zero attached hydrogens (tertiary/aromatic N) is 2. The molecule has 0 fully saturated rings. The predicted octanol–water partition coefficient (Wildman–Crippen LogP) is 4.98. The Labute approximate surface area is 148 Å². The Bertz CT molecular complexity index is 847. The van der Waals surface area contributed by atoms with Crippen molar-refractivity contribution in [3.8, 4) is 5.75 Å². The van der Waals surface area contributed by atoms with Crippen LogP contribution in [0.25, 0.3) is 0 Å². The van der Waals surface area contributed by atoms with Crippen molar-refractivity contribution in [1.82, 2.24) is 9.97 Å². The highest BCUT2D eigenvalue weighted by molar-refractivity contribution is 5.62. The van der Waals surface area contributed by atoms with E-state index in [1.54, 1.807) is 6.20 Å². The van der Waals surface area contributed by atoms with E-state index in [-0.39, 0.29) is 0 Å². The maximum atomic E-state index is 5.45. The molecule has 0 radical (unpaired) electrons. The highest BCUT2D eigenvalue weighted by Gasteiger charge is 2.04. The molecule has 5 heteroatoms. The van der Waals surface area contributed by atoms with E-state index in [2.05, 4.69) is 52.6 Å². The minimum absolute atomic E-state index is 0.560. The summed E-state index contributed by atoms with van der Waals surface area (Å²) < 4.78 is 5.45. The number of nitrogens with one attached hydrogen (secondary N) is 2. The molecule has 2 N–H and O–H groups in total. The largest absolute Gasteiger partial charge is 0.494 e. The minimum atomic E-state index is 0.560. The van der Waals surface area contributed by atoms with Crippen LogP contribution in [0, 0.1) is 13.8 Å². The summed E-state index contributed by atoms with van der Waals surface area (Å²) in [5.74, 6) is 2.14. The number of ether oxygens (including phenoxy) is 1. The molecule has 3 rings (SSSR count). The summed E-state index contributed by atoms with van der Waals surface area (Å²) in [7, 11) is 0. The molecule has 2 aromatic carbocycles. The van der Waals surface area contributed by atoms with Gasteiger partial charge in [0.05, 0.1) is 6.61 Å². The molecule has 0 unspecified atom stereocenters. The Morgan fingerprint density at radius 3 is 2.52 bits per heavy atom. The first-order valence-electron chi connectivity index (χ1n) is 8.31. The van der Waals surface area contributed by atoms with Crippen LogP contribution in [0.15, 0.2) is 54.7 Å². The summed E-state index contributed by atoms with van der Waals surface area (Å²) >= 11 is 0. The number of anilines is 4. The highest BCUT2D eigenvalue weighted by Crippen LogP contribution is 2.22. The van der Waals surface area contributed by atoms with Crippen molar-refractivity contribution in [2.24, 2.45) is 0 Å². The molecule has 0 saturated heterocycles. The second-order valence-electron chi connectivity index (χ2n) is 5.79. The number of rotatable bonds is 6. The van der Waals surface area contributed by atoms with Crippen LogP contribution in [-0.2, 0) is 0 Å². The van der Waals surface area contributed by atoms with Crippen molar-refractivity contribution in [2.75, 3.05) is 17.2 Å². The lowest BCUT2D eigenvalue weighted by atomic mass is 10.1. The van der Waals surface area contributed by atoms with Gasteiger partial charge in [0.2, 0.25) is 5.95 Å². The van der Waals surface area contributed by atoms with Gasteiger partial charge in [-0.05, 0) is 68.3 Å². The van der Waals surface area contributed by atoms with Crippen LogP contribution in [-0.4, -0.2) is 16.6 Å². The van der Waals surface area contributed by atoms with Crippen LogP contribution in [0.2, 0.25) is 0 Å². The van der Waals surface area contributed by atoms with E-state index in [1.165, 1.54) is 5.56 Å². The van der Waals surface area contributed by atoms with Crippen LogP contribution in [0.5, 0.6) is 5.75 Å². The Hall–Kier alpha value is -3.08. The van der Waals surface area contributed by atoms with Gasteiger partial charge in [0.1, 0.15) is 11.6 Å². The number of hydrogen-bond donors (Lipinski definition) is 2. The Kier molecular flexibility index (Phi) is 5.14. The third kappa shape index (κ3) is 4.47. The fourth-order valence-corrected chi connectivity index (χ4v) is 2.43. The number of aryl methyl sites for hydroxylation is 2. The predicted molar refractivity (Wildman–Crippen MR) is 102 cm³/mol. The maximum Gasteiger partial charge on any atom is 0.229 e. The number of benzene rings is 2. The zero-order valence-corrected chi connectivity index (χ0v) is 14.7. The fourth-order valence-electron chi connectivity index (χ4n) is 2.43. The average molecular weight is 334 g/mol. The summed E-state index contributed by atoms with van der Waals surface area (Å²) in [4.78, 5) is 8.83. The monoisotopic (exact) mass is 334 g/mol. The molecular formula is C20H22N4O. The van der Waals surface area contributed by atoms with Gasteiger partial charge in [-0.3, -0.25) is 0 Å². The van der Waals surface area contributed by atoms with Gasteiger partial charge in [0.15, 0.2) is 0 Å². The average Bonchev–Trinajstić information content (AvgIpc) is 2.60. The first kappa shape index (κ1) is 16.8. The maximum absolute atomic E-state index is 5.45. The molecular weight excluding hydrogens is 312 g/mol. The Balaban J connectivity index is 1.74. The zero-order valence-electron chi connectivity index (χ0n) is 14.7. The molecule has 0 saturated carbocycles. The molecule has 0 bridgehead atoms. The summed E-state index contributed by atoms with van der Waals surface area (Å²) in [5.41, 5.74) is 4.30. The first-order valence-corrected chi connectivity index (χ1v) is 8.31. The van der Waals surface area contributed by atoms with E-state index in [0.717, 1.165) is 28.5 Å². The van der Waals surface area contributed by atoms with Crippen molar-refractivity contribution < 1.29 is 4.74 Å². The van der Waals surface area contributed by atoms with Gasteiger partial charge < -0.3 is 15.4 Å². The molecule has 128 valence electrons. The van der Waals surface area contributed by atoms with Crippen LogP contribution in [0.3, 0.4) is 0 Å². The highest BCUT2D eigenvalue weighted by atomic mass is 16.5. The molecule has 0 aliphatic rings. The molecule has 0 spiro atoms. The lowest BCUT2D eigenvalue weighted by molar-refractivity contribution is 0.340. The van der Waals surface area contributed by atoms with Crippen LogP contribution in [0.1, 0.15) is 18.1 Å². The van der Waals surface area contributed by atoms with Gasteiger partial charge >= 0.3 is 0 Å². The smallest absolute Gasteiger partial charge is 0.229 e. The normalized spacial score (nSPS) is 10.4. The Morgan fingerprint density at radius 1 is 0.960 bits per heavy atom. The van der Waals surface area contributed by atoms with Crippen LogP contribution in [0.4, 0.5) is 23.1 Å². The molecule has 0 aliphatic carbocycles.